The van der Waals surface area contributed by atoms with Crippen LogP contribution in [0, 0.1) is 0 Å². The van der Waals surface area contributed by atoms with Gasteiger partial charge in [0.25, 0.3) is 0 Å². The monoisotopic (exact) mass is 703 g/mol. The van der Waals surface area contributed by atoms with Crippen molar-refractivity contribution >= 4 is 91.7 Å². The topological polar surface area (TPSA) is 3.24 Å². The Morgan fingerprint density at radius 2 is 0.981 bits per heavy atom. The molecule has 0 bridgehead atoms. The molecule has 252 valence electrons. The first-order valence-corrected chi connectivity index (χ1v) is 19.3. The molecule has 11 rings (SSSR count). The maximum absolute atomic E-state index is 2.45. The first-order chi connectivity index (χ1) is 26.8. The summed E-state index contributed by atoms with van der Waals surface area (Å²) < 4.78 is 2.59. The molecule has 1 nitrogen and oxygen atoms in total. The zero-order valence-electron chi connectivity index (χ0n) is 29.4. The van der Waals surface area contributed by atoms with Crippen molar-refractivity contribution in [3.63, 3.8) is 0 Å². The van der Waals surface area contributed by atoms with E-state index in [0.717, 1.165) is 11.4 Å². The van der Waals surface area contributed by atoms with Crippen molar-refractivity contribution in [2.45, 2.75) is 0 Å². The molecule has 0 saturated carbocycles. The van der Waals surface area contributed by atoms with E-state index in [9.17, 15) is 0 Å². The fourth-order valence-electron chi connectivity index (χ4n) is 8.47. The van der Waals surface area contributed by atoms with Crippen molar-refractivity contribution in [3.05, 3.63) is 200 Å². The molecule has 2 heteroatoms. The lowest BCUT2D eigenvalue weighted by Gasteiger charge is -2.27. The standard InChI is InChI=1S/C52H33NS/c1-2-12-34(13-3-1)37-17-10-18-42(30-37)53(48-22-11-23-49-52(48)47-31-38-15-4-5-16-39(38)33-50(47)54-49)41-28-26-36(27-29-41)46-32-40-25-24-35-14-6-7-19-43(35)51(40)45-21-9-8-20-44(45)46/h1-33H. The Hall–Kier alpha value is -6.74. The lowest BCUT2D eigenvalue weighted by Crippen LogP contribution is -2.10. The van der Waals surface area contributed by atoms with E-state index in [1.165, 1.54) is 91.2 Å². The van der Waals surface area contributed by atoms with Crippen LogP contribution < -0.4 is 4.90 Å². The molecular weight excluding hydrogens is 671 g/mol. The highest BCUT2D eigenvalue weighted by molar-refractivity contribution is 7.26. The van der Waals surface area contributed by atoms with Gasteiger partial charge in [0.2, 0.25) is 0 Å². The molecular formula is C52H33NS. The number of hydrogen-bond donors (Lipinski definition) is 0. The number of nitrogens with zero attached hydrogens (tertiary/aromatic N) is 1. The molecule has 0 spiro atoms. The van der Waals surface area contributed by atoms with E-state index in [4.69, 9.17) is 0 Å². The maximum Gasteiger partial charge on any atom is 0.0554 e. The fraction of sp³-hybridized carbons (Fsp3) is 0. The molecule has 0 N–H and O–H groups in total. The van der Waals surface area contributed by atoms with Crippen LogP contribution in [0.15, 0.2) is 200 Å². The van der Waals surface area contributed by atoms with Gasteiger partial charge in [-0.2, -0.15) is 0 Å². The second-order valence-corrected chi connectivity index (χ2v) is 15.2. The van der Waals surface area contributed by atoms with E-state index < -0.39 is 0 Å². The molecule has 0 radical (unpaired) electrons. The Morgan fingerprint density at radius 3 is 1.81 bits per heavy atom. The lowest BCUT2D eigenvalue weighted by atomic mass is 9.90. The first-order valence-electron chi connectivity index (χ1n) is 18.5. The molecule has 1 aromatic heterocycles. The highest BCUT2D eigenvalue weighted by Gasteiger charge is 2.20. The molecule has 0 unspecified atom stereocenters. The zero-order chi connectivity index (χ0) is 35.6. The highest BCUT2D eigenvalue weighted by atomic mass is 32.1. The predicted octanol–water partition coefficient (Wildman–Crippen LogP) is 15.5. The molecule has 1 heterocycles. The molecule has 11 aromatic rings. The molecule has 0 saturated heterocycles. The third-order valence-electron chi connectivity index (χ3n) is 11.0. The smallest absolute Gasteiger partial charge is 0.0554 e. The van der Waals surface area contributed by atoms with Crippen molar-refractivity contribution in [2.75, 3.05) is 4.90 Å². The summed E-state index contributed by atoms with van der Waals surface area (Å²) in [5.74, 6) is 0. The van der Waals surface area contributed by atoms with Crippen LogP contribution in [0.5, 0.6) is 0 Å². The highest BCUT2D eigenvalue weighted by Crippen LogP contribution is 2.47. The van der Waals surface area contributed by atoms with Crippen LogP contribution in [0.3, 0.4) is 0 Å². The Morgan fingerprint density at radius 1 is 0.315 bits per heavy atom. The van der Waals surface area contributed by atoms with Gasteiger partial charge >= 0.3 is 0 Å². The van der Waals surface area contributed by atoms with Gasteiger partial charge in [0, 0.05) is 31.5 Å². The minimum absolute atomic E-state index is 1.12. The van der Waals surface area contributed by atoms with Gasteiger partial charge in [0.05, 0.1) is 5.69 Å². The van der Waals surface area contributed by atoms with E-state index >= 15 is 0 Å². The summed E-state index contributed by atoms with van der Waals surface area (Å²) >= 11 is 1.87. The second-order valence-electron chi connectivity index (χ2n) is 14.1. The Labute approximate surface area is 317 Å². The number of anilines is 3. The van der Waals surface area contributed by atoms with Crippen LogP contribution in [-0.2, 0) is 0 Å². The normalized spacial score (nSPS) is 11.7. The van der Waals surface area contributed by atoms with E-state index in [1.807, 2.05) is 11.3 Å². The number of hydrogen-bond acceptors (Lipinski definition) is 2. The molecule has 10 aromatic carbocycles. The number of thiophene rings is 1. The summed E-state index contributed by atoms with van der Waals surface area (Å²) in [5.41, 5.74) is 8.26. The van der Waals surface area contributed by atoms with Crippen LogP contribution in [0.1, 0.15) is 0 Å². The van der Waals surface area contributed by atoms with Crippen molar-refractivity contribution in [2.24, 2.45) is 0 Å². The quantitative estimate of drug-likeness (QED) is 0.161. The van der Waals surface area contributed by atoms with Crippen molar-refractivity contribution < 1.29 is 0 Å². The number of benzene rings is 10. The summed E-state index contributed by atoms with van der Waals surface area (Å²) in [6.07, 6.45) is 0. The number of fused-ring (bicyclic) bond motifs is 9. The first kappa shape index (κ1) is 30.8. The van der Waals surface area contributed by atoms with Gasteiger partial charge in [-0.15, -0.1) is 11.3 Å². The summed E-state index contributed by atoms with van der Waals surface area (Å²) in [4.78, 5) is 2.45. The molecule has 0 aliphatic rings. The third-order valence-corrected chi connectivity index (χ3v) is 12.1. The van der Waals surface area contributed by atoms with Crippen molar-refractivity contribution in [3.8, 4) is 22.3 Å². The molecule has 0 atom stereocenters. The van der Waals surface area contributed by atoms with Crippen molar-refractivity contribution in [1.82, 2.24) is 0 Å². The van der Waals surface area contributed by atoms with E-state index in [2.05, 4.69) is 205 Å². The van der Waals surface area contributed by atoms with Gasteiger partial charge in [0.1, 0.15) is 0 Å². The third kappa shape index (κ3) is 4.99. The number of rotatable bonds is 5. The Bertz CT molecular complexity index is 3210. The molecule has 54 heavy (non-hydrogen) atoms. The van der Waals surface area contributed by atoms with Gasteiger partial charge in [-0.1, -0.05) is 146 Å². The van der Waals surface area contributed by atoms with Crippen molar-refractivity contribution in [1.29, 1.82) is 0 Å². The van der Waals surface area contributed by atoms with E-state index in [-0.39, 0.29) is 0 Å². The average Bonchev–Trinajstić information content (AvgIpc) is 3.61. The minimum atomic E-state index is 1.12. The second kappa shape index (κ2) is 12.4. The van der Waals surface area contributed by atoms with E-state index in [0.29, 0.717) is 0 Å². The predicted molar refractivity (Wildman–Crippen MR) is 235 cm³/mol. The lowest BCUT2D eigenvalue weighted by molar-refractivity contribution is 1.30. The molecule has 0 aliphatic carbocycles. The molecule has 0 fully saturated rings. The zero-order valence-corrected chi connectivity index (χ0v) is 30.2. The van der Waals surface area contributed by atoms with Gasteiger partial charge in [-0.25, -0.2) is 0 Å². The molecule has 0 amide bonds. The van der Waals surface area contributed by atoms with Crippen LogP contribution >= 0.6 is 11.3 Å². The van der Waals surface area contributed by atoms with E-state index in [1.54, 1.807) is 0 Å². The summed E-state index contributed by atoms with van der Waals surface area (Å²) in [6.45, 7) is 0. The van der Waals surface area contributed by atoms with Gasteiger partial charge in [-0.3, -0.25) is 0 Å². The summed E-state index contributed by atoms with van der Waals surface area (Å²) in [5, 5.41) is 12.8. The summed E-state index contributed by atoms with van der Waals surface area (Å²) in [6, 6.07) is 73.5. The van der Waals surface area contributed by atoms with Crippen LogP contribution in [-0.4, -0.2) is 0 Å². The molecule has 0 aliphatic heterocycles. The van der Waals surface area contributed by atoms with Gasteiger partial charge < -0.3 is 4.90 Å². The average molecular weight is 704 g/mol. The maximum atomic E-state index is 2.45. The Balaban J connectivity index is 1.12. The van der Waals surface area contributed by atoms with Crippen LogP contribution in [0.25, 0.3) is 85.5 Å². The fourth-order valence-corrected chi connectivity index (χ4v) is 9.63. The largest absolute Gasteiger partial charge is 0.310 e. The Kier molecular flexibility index (Phi) is 7.11. The minimum Gasteiger partial charge on any atom is -0.310 e. The van der Waals surface area contributed by atoms with Crippen LogP contribution in [0.2, 0.25) is 0 Å². The van der Waals surface area contributed by atoms with Gasteiger partial charge in [0.15, 0.2) is 0 Å². The van der Waals surface area contributed by atoms with Gasteiger partial charge in [-0.05, 0) is 120 Å². The van der Waals surface area contributed by atoms with Crippen LogP contribution in [0.4, 0.5) is 17.1 Å². The summed E-state index contributed by atoms with van der Waals surface area (Å²) in [7, 11) is 0. The SMILES string of the molecule is c1ccc(-c2cccc(N(c3ccc(-c4cc5ccc6ccccc6c5c5ccccc45)cc3)c3cccc4sc5cc6ccccc6cc5c34)c2)cc1.